The lowest BCUT2D eigenvalue weighted by Crippen LogP contribution is -2.33. The second-order valence-corrected chi connectivity index (χ2v) is 7.51. The van der Waals surface area contributed by atoms with Crippen LogP contribution in [-0.4, -0.2) is 33.1 Å². The van der Waals surface area contributed by atoms with Crippen LogP contribution < -0.4 is 0 Å². The first kappa shape index (κ1) is 14.3. The van der Waals surface area contributed by atoms with Crippen LogP contribution in [0.15, 0.2) is 60.1 Å². The Balaban J connectivity index is 1.75. The van der Waals surface area contributed by atoms with Gasteiger partial charge in [0.25, 0.3) is 10.0 Å². The number of fused-ring (bicyclic) bond motifs is 1. The van der Waals surface area contributed by atoms with Crippen LogP contribution >= 0.6 is 0 Å². The molecule has 0 spiro atoms. The van der Waals surface area contributed by atoms with Gasteiger partial charge in [0.1, 0.15) is 5.65 Å². The topological polar surface area (TPSA) is 67.6 Å². The van der Waals surface area contributed by atoms with Gasteiger partial charge in [-0.1, -0.05) is 12.1 Å². The minimum absolute atomic E-state index is 0.0643. The molecule has 1 aliphatic carbocycles. The van der Waals surface area contributed by atoms with Crippen LogP contribution in [0.5, 0.6) is 0 Å². The van der Waals surface area contributed by atoms with E-state index in [4.69, 9.17) is 0 Å². The Hall–Kier alpha value is -2.25. The lowest BCUT2D eigenvalue weighted by Gasteiger charge is -2.21. The lowest BCUT2D eigenvalue weighted by atomic mass is 10.3. The third kappa shape index (κ3) is 2.62. The van der Waals surface area contributed by atoms with E-state index in [1.807, 2.05) is 18.2 Å². The number of sulfonamides is 1. The summed E-state index contributed by atoms with van der Waals surface area (Å²) in [7, 11) is -3.61. The molecule has 118 valence electrons. The molecule has 3 aromatic heterocycles. The van der Waals surface area contributed by atoms with E-state index in [-0.39, 0.29) is 11.1 Å². The zero-order chi connectivity index (χ0) is 15.9. The van der Waals surface area contributed by atoms with Crippen molar-refractivity contribution in [2.24, 2.45) is 0 Å². The fourth-order valence-corrected chi connectivity index (χ4v) is 4.42. The predicted octanol–water partition coefficient (Wildman–Crippen LogP) is 2.08. The average Bonchev–Trinajstić information content (AvgIpc) is 3.31. The van der Waals surface area contributed by atoms with Crippen LogP contribution in [0, 0.1) is 0 Å². The maximum atomic E-state index is 13.1. The summed E-state index contributed by atoms with van der Waals surface area (Å²) in [5.41, 5.74) is 1.51. The summed E-state index contributed by atoms with van der Waals surface area (Å²) in [6.45, 7) is 0.334. The molecule has 6 nitrogen and oxygen atoms in total. The molecule has 0 N–H and O–H groups in total. The molecule has 4 rings (SSSR count). The lowest BCUT2D eigenvalue weighted by molar-refractivity contribution is 0.396. The Bertz CT molecular complexity index is 933. The van der Waals surface area contributed by atoms with Crippen molar-refractivity contribution >= 4 is 15.7 Å². The number of hydrogen-bond acceptors (Lipinski definition) is 4. The van der Waals surface area contributed by atoms with Gasteiger partial charge in [0.15, 0.2) is 5.03 Å². The van der Waals surface area contributed by atoms with Gasteiger partial charge in [-0.2, -0.15) is 4.31 Å². The zero-order valence-corrected chi connectivity index (χ0v) is 13.2. The molecule has 0 saturated heterocycles. The van der Waals surface area contributed by atoms with E-state index in [0.717, 1.165) is 18.4 Å². The minimum atomic E-state index is -3.61. The van der Waals surface area contributed by atoms with Crippen LogP contribution in [0.1, 0.15) is 18.4 Å². The highest BCUT2D eigenvalue weighted by Gasteiger charge is 2.39. The maximum absolute atomic E-state index is 13.1. The van der Waals surface area contributed by atoms with E-state index in [0.29, 0.717) is 12.2 Å². The second kappa shape index (κ2) is 5.43. The fraction of sp³-hybridized carbons (Fsp3) is 0.250. The molecule has 0 radical (unpaired) electrons. The van der Waals surface area contributed by atoms with Crippen molar-refractivity contribution < 1.29 is 8.42 Å². The Kier molecular flexibility index (Phi) is 3.39. The van der Waals surface area contributed by atoms with Crippen LogP contribution in [0.3, 0.4) is 0 Å². The third-order valence-corrected chi connectivity index (χ3v) is 5.85. The maximum Gasteiger partial charge on any atom is 0.261 e. The molecule has 1 aliphatic rings. The normalized spacial score (nSPS) is 15.3. The monoisotopic (exact) mass is 328 g/mol. The van der Waals surface area contributed by atoms with E-state index >= 15 is 0 Å². The van der Waals surface area contributed by atoms with Gasteiger partial charge in [-0.15, -0.1) is 0 Å². The minimum Gasteiger partial charge on any atom is -0.289 e. The van der Waals surface area contributed by atoms with Crippen molar-refractivity contribution in [2.45, 2.75) is 30.5 Å². The summed E-state index contributed by atoms with van der Waals surface area (Å²) in [6, 6.07) is 9.22. The zero-order valence-electron chi connectivity index (χ0n) is 12.4. The van der Waals surface area contributed by atoms with Gasteiger partial charge in [-0.25, -0.2) is 13.4 Å². The van der Waals surface area contributed by atoms with Crippen LogP contribution in [0.2, 0.25) is 0 Å². The molecule has 0 aromatic carbocycles. The standard InChI is InChI=1S/C16H16N4O2S/c21-23(22,16-11-18-15-5-1-2-9-19(15)16)20(14-6-7-14)12-13-4-3-8-17-10-13/h1-5,8-11,14H,6-7,12H2. The van der Waals surface area contributed by atoms with E-state index in [1.165, 1.54) is 6.20 Å². The summed E-state index contributed by atoms with van der Waals surface area (Å²) < 4.78 is 29.5. The van der Waals surface area contributed by atoms with Crippen molar-refractivity contribution in [2.75, 3.05) is 0 Å². The highest BCUT2D eigenvalue weighted by Crippen LogP contribution is 2.33. The molecule has 0 aliphatic heterocycles. The number of rotatable bonds is 5. The Morgan fingerprint density at radius 3 is 2.78 bits per heavy atom. The fourth-order valence-electron chi connectivity index (χ4n) is 2.66. The quantitative estimate of drug-likeness (QED) is 0.719. The summed E-state index contributed by atoms with van der Waals surface area (Å²) >= 11 is 0. The van der Waals surface area contributed by atoms with Gasteiger partial charge in [0, 0.05) is 31.2 Å². The number of imidazole rings is 1. The van der Waals surface area contributed by atoms with Crippen LogP contribution in [-0.2, 0) is 16.6 Å². The summed E-state index contributed by atoms with van der Waals surface area (Å²) in [5, 5.41) is 0.212. The molecule has 23 heavy (non-hydrogen) atoms. The third-order valence-electron chi connectivity index (χ3n) is 3.97. The highest BCUT2D eigenvalue weighted by molar-refractivity contribution is 7.89. The van der Waals surface area contributed by atoms with Gasteiger partial charge in [0.05, 0.1) is 6.20 Å². The molecule has 0 atom stereocenters. The summed E-state index contributed by atoms with van der Waals surface area (Å²) in [5.74, 6) is 0. The van der Waals surface area contributed by atoms with E-state index in [1.54, 1.807) is 39.4 Å². The molecule has 0 unspecified atom stereocenters. The van der Waals surface area contributed by atoms with Gasteiger partial charge >= 0.3 is 0 Å². The van der Waals surface area contributed by atoms with Gasteiger partial charge in [0.2, 0.25) is 0 Å². The van der Waals surface area contributed by atoms with Crippen molar-refractivity contribution in [3.63, 3.8) is 0 Å². The summed E-state index contributed by atoms with van der Waals surface area (Å²) in [6.07, 6.45) is 8.35. The highest BCUT2D eigenvalue weighted by atomic mass is 32.2. The van der Waals surface area contributed by atoms with E-state index in [9.17, 15) is 8.42 Å². The van der Waals surface area contributed by atoms with Gasteiger partial charge in [-0.3, -0.25) is 9.38 Å². The summed E-state index contributed by atoms with van der Waals surface area (Å²) in [4.78, 5) is 8.27. The molecular formula is C16H16N4O2S. The SMILES string of the molecule is O=S(=O)(c1cnc2ccccn12)N(Cc1cccnc1)C1CC1. The first-order valence-electron chi connectivity index (χ1n) is 7.49. The van der Waals surface area contributed by atoms with Crippen molar-refractivity contribution in [1.29, 1.82) is 0 Å². The Labute approximate surface area is 134 Å². The molecule has 3 aromatic rings. The van der Waals surface area contributed by atoms with E-state index < -0.39 is 10.0 Å². The van der Waals surface area contributed by atoms with Gasteiger partial charge < -0.3 is 0 Å². The van der Waals surface area contributed by atoms with Crippen molar-refractivity contribution in [1.82, 2.24) is 18.7 Å². The van der Waals surface area contributed by atoms with Crippen molar-refractivity contribution in [3.8, 4) is 0 Å². The molecular weight excluding hydrogens is 312 g/mol. The number of nitrogens with zero attached hydrogens (tertiary/aromatic N) is 4. The number of aromatic nitrogens is 3. The molecule has 7 heteroatoms. The van der Waals surface area contributed by atoms with Crippen LogP contribution in [0.4, 0.5) is 0 Å². The number of hydrogen-bond donors (Lipinski definition) is 0. The largest absolute Gasteiger partial charge is 0.289 e. The first-order valence-corrected chi connectivity index (χ1v) is 8.93. The number of pyridine rings is 2. The van der Waals surface area contributed by atoms with Gasteiger partial charge in [-0.05, 0) is 36.6 Å². The van der Waals surface area contributed by atoms with Crippen molar-refractivity contribution in [3.05, 3.63) is 60.7 Å². The molecule has 1 saturated carbocycles. The smallest absolute Gasteiger partial charge is 0.261 e. The molecule has 0 bridgehead atoms. The van der Waals surface area contributed by atoms with Crippen LogP contribution in [0.25, 0.3) is 5.65 Å². The first-order chi connectivity index (χ1) is 11.2. The Morgan fingerprint density at radius 1 is 1.17 bits per heavy atom. The molecule has 3 heterocycles. The van der Waals surface area contributed by atoms with E-state index in [2.05, 4.69) is 9.97 Å². The molecule has 0 amide bonds. The average molecular weight is 328 g/mol. The molecule has 1 fully saturated rings. The Morgan fingerprint density at radius 2 is 2.04 bits per heavy atom. The second-order valence-electron chi connectivity index (χ2n) is 5.67. The predicted molar refractivity (Wildman–Crippen MR) is 85.2 cm³/mol.